The Labute approximate surface area is 191 Å². The number of fused-ring (bicyclic) bond motifs is 3. The van der Waals surface area contributed by atoms with Crippen molar-refractivity contribution in [3.05, 3.63) is 47.3 Å². The topological polar surface area (TPSA) is 118 Å². The van der Waals surface area contributed by atoms with Crippen molar-refractivity contribution in [1.82, 2.24) is 10.6 Å². The van der Waals surface area contributed by atoms with Gasteiger partial charge in [0.15, 0.2) is 9.84 Å². The molecule has 4 rings (SSSR count). The summed E-state index contributed by atoms with van der Waals surface area (Å²) in [6.07, 6.45) is 1.18. The van der Waals surface area contributed by atoms with E-state index in [4.69, 9.17) is 9.47 Å². The van der Waals surface area contributed by atoms with Crippen molar-refractivity contribution in [3.63, 3.8) is 0 Å². The van der Waals surface area contributed by atoms with E-state index in [0.29, 0.717) is 35.6 Å². The van der Waals surface area contributed by atoms with E-state index in [1.165, 1.54) is 24.3 Å². The molecule has 8 nitrogen and oxygen atoms in total. The first-order chi connectivity index (χ1) is 15.8. The average molecular weight is 474 g/mol. The van der Waals surface area contributed by atoms with Crippen LogP contribution in [0.2, 0.25) is 0 Å². The van der Waals surface area contributed by atoms with Crippen LogP contribution >= 0.6 is 0 Å². The molecule has 0 saturated carbocycles. The number of halogens is 1. The second kappa shape index (κ2) is 9.47. The van der Waals surface area contributed by atoms with Crippen LogP contribution in [0, 0.1) is 17.1 Å². The summed E-state index contributed by atoms with van der Waals surface area (Å²) in [4.78, 5) is 12.6. The quantitative estimate of drug-likeness (QED) is 0.679. The highest BCUT2D eigenvalue weighted by atomic mass is 32.2. The fourth-order valence-electron chi connectivity index (χ4n) is 3.92. The zero-order chi connectivity index (χ0) is 23.6. The third-order valence-electron chi connectivity index (χ3n) is 5.66. The predicted molar refractivity (Wildman–Crippen MR) is 118 cm³/mol. The Morgan fingerprint density at radius 3 is 2.91 bits per heavy atom. The van der Waals surface area contributed by atoms with Gasteiger partial charge in [0, 0.05) is 31.4 Å². The Morgan fingerprint density at radius 2 is 2.15 bits per heavy atom. The van der Waals surface area contributed by atoms with E-state index in [0.717, 1.165) is 19.2 Å². The summed E-state index contributed by atoms with van der Waals surface area (Å²) in [7, 11) is -3.37. The number of nitrogens with zero attached hydrogens (tertiary/aromatic N) is 1. The number of hydrogen-bond donors (Lipinski definition) is 2. The second-order valence-corrected chi connectivity index (χ2v) is 10.1. The zero-order valence-electron chi connectivity index (χ0n) is 18.1. The number of rotatable bonds is 5. The Bertz CT molecular complexity index is 1220. The summed E-state index contributed by atoms with van der Waals surface area (Å²) in [6.45, 7) is 1.70. The SMILES string of the molecule is CS(=O)(=O)c1ccc2c(c1)COc1cc(CC(C#N)NC(=O)[C@@H]3CNCCCO3)c(F)cc1-2. The van der Waals surface area contributed by atoms with Crippen LogP contribution in [-0.2, 0) is 32.4 Å². The smallest absolute Gasteiger partial charge is 0.251 e. The third kappa shape index (κ3) is 5.16. The molecule has 1 unspecified atom stereocenters. The highest BCUT2D eigenvalue weighted by Gasteiger charge is 2.26. The monoisotopic (exact) mass is 473 g/mol. The lowest BCUT2D eigenvalue weighted by atomic mass is 9.94. The fourth-order valence-corrected chi connectivity index (χ4v) is 4.59. The van der Waals surface area contributed by atoms with Crippen molar-refractivity contribution in [1.29, 1.82) is 5.26 Å². The maximum absolute atomic E-state index is 15.0. The molecule has 174 valence electrons. The van der Waals surface area contributed by atoms with Crippen molar-refractivity contribution in [2.24, 2.45) is 0 Å². The van der Waals surface area contributed by atoms with Gasteiger partial charge in [0.05, 0.1) is 11.0 Å². The highest BCUT2D eigenvalue weighted by molar-refractivity contribution is 7.90. The molecule has 2 atom stereocenters. The van der Waals surface area contributed by atoms with Gasteiger partial charge in [-0.05, 0) is 53.9 Å². The van der Waals surface area contributed by atoms with Gasteiger partial charge in [0.1, 0.15) is 30.3 Å². The van der Waals surface area contributed by atoms with E-state index in [1.807, 2.05) is 6.07 Å². The standard InChI is InChI=1S/C23H24FN3O5S/c1-33(29,30)17-3-4-18-15(8-17)13-32-21-9-14(20(24)10-19(18)21)7-16(11-25)27-23(28)22-12-26-5-2-6-31-22/h3-4,8-10,16,22,26H,2,5-7,12-13H2,1H3,(H,27,28)/t16?,22-/m0/s1. The van der Waals surface area contributed by atoms with Gasteiger partial charge < -0.3 is 20.1 Å². The van der Waals surface area contributed by atoms with E-state index in [9.17, 15) is 22.9 Å². The molecule has 2 aromatic rings. The number of nitriles is 1. The van der Waals surface area contributed by atoms with Crippen molar-refractivity contribution < 1.29 is 27.1 Å². The van der Waals surface area contributed by atoms with Crippen LogP contribution in [0.4, 0.5) is 4.39 Å². The van der Waals surface area contributed by atoms with Gasteiger partial charge in [-0.25, -0.2) is 12.8 Å². The summed E-state index contributed by atoms with van der Waals surface area (Å²) in [6, 6.07) is 8.57. The molecular weight excluding hydrogens is 449 g/mol. The van der Waals surface area contributed by atoms with Crippen LogP contribution in [0.3, 0.4) is 0 Å². The maximum atomic E-state index is 15.0. The fraction of sp³-hybridized carbons (Fsp3) is 0.391. The van der Waals surface area contributed by atoms with Crippen LogP contribution in [0.15, 0.2) is 35.2 Å². The number of hydrogen-bond acceptors (Lipinski definition) is 7. The van der Waals surface area contributed by atoms with Gasteiger partial charge in [-0.1, -0.05) is 6.07 Å². The van der Waals surface area contributed by atoms with Gasteiger partial charge in [0.2, 0.25) is 0 Å². The van der Waals surface area contributed by atoms with Crippen molar-refractivity contribution in [2.75, 3.05) is 26.0 Å². The number of benzene rings is 2. The lowest BCUT2D eigenvalue weighted by Gasteiger charge is -2.23. The van der Waals surface area contributed by atoms with Crippen LogP contribution in [0.25, 0.3) is 11.1 Å². The number of amides is 1. The molecule has 2 heterocycles. The van der Waals surface area contributed by atoms with Crippen LogP contribution in [-0.4, -0.2) is 52.4 Å². The Kier molecular flexibility index (Phi) is 6.65. The van der Waals surface area contributed by atoms with E-state index >= 15 is 0 Å². The molecule has 0 aliphatic carbocycles. The maximum Gasteiger partial charge on any atom is 0.251 e. The third-order valence-corrected chi connectivity index (χ3v) is 6.77. The Balaban J connectivity index is 1.53. The molecule has 0 aromatic heterocycles. The molecule has 1 fully saturated rings. The van der Waals surface area contributed by atoms with Crippen molar-refractivity contribution in [3.8, 4) is 22.9 Å². The Hall–Kier alpha value is -3.00. The molecule has 1 amide bonds. The first-order valence-corrected chi connectivity index (χ1v) is 12.5. The van der Waals surface area contributed by atoms with Crippen LogP contribution in [0.5, 0.6) is 5.75 Å². The Morgan fingerprint density at radius 1 is 1.33 bits per heavy atom. The lowest BCUT2D eigenvalue weighted by molar-refractivity contribution is -0.132. The van der Waals surface area contributed by atoms with E-state index in [-0.39, 0.29) is 23.5 Å². The number of ether oxygens (including phenoxy) is 2. The number of nitrogens with one attached hydrogen (secondary N) is 2. The first-order valence-electron chi connectivity index (χ1n) is 10.6. The number of carbonyl (C=O) groups excluding carboxylic acids is 1. The minimum Gasteiger partial charge on any atom is -0.488 e. The zero-order valence-corrected chi connectivity index (χ0v) is 18.9. The molecule has 1 saturated heterocycles. The molecule has 10 heteroatoms. The van der Waals surface area contributed by atoms with Gasteiger partial charge in [0.25, 0.3) is 5.91 Å². The molecular formula is C23H24FN3O5S. The molecule has 2 N–H and O–H groups in total. The van der Waals surface area contributed by atoms with Crippen molar-refractivity contribution in [2.45, 2.75) is 36.5 Å². The molecule has 0 spiro atoms. The number of carbonyl (C=O) groups is 1. The first kappa shape index (κ1) is 23.2. The van der Waals surface area contributed by atoms with Gasteiger partial charge >= 0.3 is 0 Å². The lowest BCUT2D eigenvalue weighted by Crippen LogP contribution is -2.46. The second-order valence-electron chi connectivity index (χ2n) is 8.13. The van der Waals surface area contributed by atoms with E-state index in [2.05, 4.69) is 10.6 Å². The summed E-state index contributed by atoms with van der Waals surface area (Å²) in [5.74, 6) is -0.522. The van der Waals surface area contributed by atoms with E-state index < -0.39 is 33.7 Å². The van der Waals surface area contributed by atoms with E-state index in [1.54, 1.807) is 6.07 Å². The van der Waals surface area contributed by atoms with Gasteiger partial charge in [-0.2, -0.15) is 5.26 Å². The molecule has 0 bridgehead atoms. The minimum absolute atomic E-state index is 0.0370. The van der Waals surface area contributed by atoms with Crippen LogP contribution < -0.4 is 15.4 Å². The van der Waals surface area contributed by atoms with Crippen molar-refractivity contribution >= 4 is 15.7 Å². The average Bonchev–Trinajstić information content (AvgIpc) is 3.08. The predicted octanol–water partition coefficient (Wildman–Crippen LogP) is 1.72. The summed E-state index contributed by atoms with van der Waals surface area (Å²) in [5.41, 5.74) is 2.08. The normalized spacial score (nSPS) is 18.6. The molecule has 2 aliphatic heterocycles. The van der Waals surface area contributed by atoms with Crippen LogP contribution in [0.1, 0.15) is 17.5 Å². The van der Waals surface area contributed by atoms with Gasteiger partial charge in [-0.3, -0.25) is 4.79 Å². The molecule has 2 aromatic carbocycles. The number of sulfone groups is 1. The molecule has 33 heavy (non-hydrogen) atoms. The summed E-state index contributed by atoms with van der Waals surface area (Å²) in [5, 5.41) is 15.2. The largest absolute Gasteiger partial charge is 0.488 e. The minimum atomic E-state index is -3.37. The molecule has 0 radical (unpaired) electrons. The van der Waals surface area contributed by atoms with Gasteiger partial charge in [-0.15, -0.1) is 0 Å². The highest BCUT2D eigenvalue weighted by Crippen LogP contribution is 2.40. The summed E-state index contributed by atoms with van der Waals surface area (Å²) < 4.78 is 49.9. The summed E-state index contributed by atoms with van der Waals surface area (Å²) >= 11 is 0. The molecule has 2 aliphatic rings.